The summed E-state index contributed by atoms with van der Waals surface area (Å²) < 4.78 is 36.0. The van der Waals surface area contributed by atoms with E-state index >= 15 is 0 Å². The SMILES string of the molecule is CCOc1ccc2nc(N(CCCn3ccnc3)C(=O)c3ccc(F)cc3F)sc2c1. The van der Waals surface area contributed by atoms with Gasteiger partial charge in [0.15, 0.2) is 5.13 Å². The van der Waals surface area contributed by atoms with E-state index in [1.165, 1.54) is 16.2 Å². The summed E-state index contributed by atoms with van der Waals surface area (Å²) in [5.41, 5.74) is 0.522. The Morgan fingerprint density at radius 2 is 2.10 bits per heavy atom. The lowest BCUT2D eigenvalue weighted by atomic mass is 10.2. The number of amides is 1. The number of rotatable bonds is 8. The van der Waals surface area contributed by atoms with E-state index in [9.17, 15) is 13.6 Å². The van der Waals surface area contributed by atoms with Gasteiger partial charge < -0.3 is 9.30 Å². The van der Waals surface area contributed by atoms with E-state index in [-0.39, 0.29) is 5.56 Å². The van der Waals surface area contributed by atoms with Gasteiger partial charge in [0.25, 0.3) is 5.91 Å². The van der Waals surface area contributed by atoms with Crippen molar-refractivity contribution >= 4 is 32.6 Å². The van der Waals surface area contributed by atoms with Crippen molar-refractivity contribution in [3.63, 3.8) is 0 Å². The highest BCUT2D eigenvalue weighted by molar-refractivity contribution is 7.22. The normalized spacial score (nSPS) is 11.1. The molecule has 0 fully saturated rings. The Kier molecular flexibility index (Phi) is 6.22. The number of fused-ring (bicyclic) bond motifs is 1. The molecule has 0 spiro atoms. The van der Waals surface area contributed by atoms with Crippen molar-refractivity contribution in [2.24, 2.45) is 0 Å². The van der Waals surface area contributed by atoms with E-state index in [0.717, 1.165) is 22.3 Å². The van der Waals surface area contributed by atoms with Crippen molar-refractivity contribution in [1.29, 1.82) is 0 Å². The Balaban J connectivity index is 1.65. The van der Waals surface area contributed by atoms with E-state index in [0.29, 0.717) is 43.1 Å². The molecular formula is C22H20F2N4O2S. The van der Waals surface area contributed by atoms with Crippen molar-refractivity contribution < 1.29 is 18.3 Å². The first kappa shape index (κ1) is 20.9. The van der Waals surface area contributed by atoms with Crippen LogP contribution < -0.4 is 9.64 Å². The smallest absolute Gasteiger partial charge is 0.263 e. The van der Waals surface area contributed by atoms with Crippen LogP contribution in [0.25, 0.3) is 10.2 Å². The molecule has 2 heterocycles. The predicted molar refractivity (Wildman–Crippen MR) is 116 cm³/mol. The number of halogens is 2. The van der Waals surface area contributed by atoms with E-state index < -0.39 is 17.5 Å². The number of benzene rings is 2. The van der Waals surface area contributed by atoms with Gasteiger partial charge in [-0.2, -0.15) is 0 Å². The summed E-state index contributed by atoms with van der Waals surface area (Å²) in [5, 5.41) is 0.447. The van der Waals surface area contributed by atoms with Crippen molar-refractivity contribution in [1.82, 2.24) is 14.5 Å². The fourth-order valence-electron chi connectivity index (χ4n) is 3.19. The number of ether oxygens (including phenoxy) is 1. The summed E-state index contributed by atoms with van der Waals surface area (Å²) in [6.07, 6.45) is 5.81. The Hall–Kier alpha value is -3.33. The van der Waals surface area contributed by atoms with E-state index in [2.05, 4.69) is 9.97 Å². The summed E-state index contributed by atoms with van der Waals surface area (Å²) in [5.74, 6) is -1.48. The molecule has 0 aliphatic rings. The molecule has 2 aromatic carbocycles. The van der Waals surface area contributed by atoms with Gasteiger partial charge >= 0.3 is 0 Å². The van der Waals surface area contributed by atoms with Crippen molar-refractivity contribution in [2.75, 3.05) is 18.1 Å². The van der Waals surface area contributed by atoms with Gasteiger partial charge in [-0.15, -0.1) is 0 Å². The maximum Gasteiger partial charge on any atom is 0.263 e. The molecule has 0 saturated carbocycles. The number of hydrogen-bond donors (Lipinski definition) is 0. The minimum Gasteiger partial charge on any atom is -0.494 e. The van der Waals surface area contributed by atoms with Crippen molar-refractivity contribution in [3.05, 3.63) is 72.3 Å². The van der Waals surface area contributed by atoms with E-state index in [1.54, 1.807) is 12.5 Å². The summed E-state index contributed by atoms with van der Waals surface area (Å²) >= 11 is 1.32. The molecule has 1 amide bonds. The number of aromatic nitrogens is 3. The Morgan fingerprint density at radius 3 is 2.84 bits per heavy atom. The predicted octanol–water partition coefficient (Wildman–Crippen LogP) is 4.91. The third kappa shape index (κ3) is 4.72. The van der Waals surface area contributed by atoms with Gasteiger partial charge in [-0.05, 0) is 43.7 Å². The van der Waals surface area contributed by atoms with Crippen molar-refractivity contribution in [3.8, 4) is 5.75 Å². The number of aryl methyl sites for hydroxylation is 1. The molecule has 4 aromatic rings. The van der Waals surface area contributed by atoms with Crippen molar-refractivity contribution in [2.45, 2.75) is 19.9 Å². The monoisotopic (exact) mass is 442 g/mol. The van der Waals surface area contributed by atoms with Gasteiger partial charge in [0, 0.05) is 31.5 Å². The highest BCUT2D eigenvalue weighted by atomic mass is 32.1. The number of carbonyl (C=O) groups is 1. The molecule has 6 nitrogen and oxygen atoms in total. The first-order valence-corrected chi connectivity index (χ1v) is 10.6. The molecule has 2 aromatic heterocycles. The van der Waals surface area contributed by atoms with Crippen LogP contribution in [-0.4, -0.2) is 33.6 Å². The standard InChI is InChI=1S/C22H20F2N4O2S/c1-2-30-16-5-7-19-20(13-16)31-22(26-19)28(10-3-9-27-11-8-25-14-27)21(29)17-6-4-15(23)12-18(17)24/h4-8,11-14H,2-3,9-10H2,1H3. The third-order valence-corrected chi connectivity index (χ3v) is 5.70. The molecule has 31 heavy (non-hydrogen) atoms. The van der Waals surface area contributed by atoms with Gasteiger partial charge in [-0.3, -0.25) is 9.69 Å². The molecule has 0 atom stereocenters. The minimum atomic E-state index is -0.899. The second-order valence-electron chi connectivity index (χ2n) is 6.79. The lowest BCUT2D eigenvalue weighted by Gasteiger charge is -2.20. The van der Waals surface area contributed by atoms with Crippen LogP contribution in [0.3, 0.4) is 0 Å². The zero-order valence-electron chi connectivity index (χ0n) is 16.8. The third-order valence-electron chi connectivity index (χ3n) is 4.65. The Morgan fingerprint density at radius 1 is 1.23 bits per heavy atom. The molecule has 0 saturated heterocycles. The summed E-state index contributed by atoms with van der Waals surface area (Å²) in [6.45, 7) is 3.39. The average Bonchev–Trinajstić information content (AvgIpc) is 3.40. The van der Waals surface area contributed by atoms with Crippen LogP contribution in [0.2, 0.25) is 0 Å². The number of hydrogen-bond acceptors (Lipinski definition) is 5. The summed E-state index contributed by atoms with van der Waals surface area (Å²) in [4.78, 5) is 23.2. The Labute approximate surface area is 181 Å². The fraction of sp³-hybridized carbons (Fsp3) is 0.227. The largest absolute Gasteiger partial charge is 0.494 e. The van der Waals surface area contributed by atoms with Crippen LogP contribution in [0.15, 0.2) is 55.1 Å². The number of thiazole rings is 1. The molecule has 0 unspecified atom stereocenters. The van der Waals surface area contributed by atoms with Gasteiger partial charge in [-0.1, -0.05) is 11.3 Å². The second-order valence-corrected chi connectivity index (χ2v) is 7.80. The maximum absolute atomic E-state index is 14.3. The zero-order valence-corrected chi connectivity index (χ0v) is 17.6. The highest BCUT2D eigenvalue weighted by Gasteiger charge is 2.24. The first-order chi connectivity index (χ1) is 15.0. The topological polar surface area (TPSA) is 60.2 Å². The summed E-state index contributed by atoms with van der Waals surface area (Å²) in [7, 11) is 0. The molecule has 160 valence electrons. The molecule has 9 heteroatoms. The van der Waals surface area contributed by atoms with E-state index in [4.69, 9.17) is 4.74 Å². The molecule has 0 radical (unpaired) electrons. The van der Waals surface area contributed by atoms with Crippen LogP contribution in [-0.2, 0) is 6.54 Å². The van der Waals surface area contributed by atoms with Gasteiger partial charge in [0.1, 0.15) is 17.4 Å². The fourth-order valence-corrected chi connectivity index (χ4v) is 4.21. The van der Waals surface area contributed by atoms with Gasteiger partial charge in [0.05, 0.1) is 28.7 Å². The Bertz CT molecular complexity index is 1190. The zero-order chi connectivity index (χ0) is 21.8. The number of carbonyl (C=O) groups excluding carboxylic acids is 1. The number of anilines is 1. The van der Waals surface area contributed by atoms with Crippen LogP contribution >= 0.6 is 11.3 Å². The minimum absolute atomic E-state index is 0.196. The quantitative estimate of drug-likeness (QED) is 0.389. The maximum atomic E-state index is 14.3. The lowest BCUT2D eigenvalue weighted by Crippen LogP contribution is -2.33. The lowest BCUT2D eigenvalue weighted by molar-refractivity contribution is 0.0982. The van der Waals surface area contributed by atoms with E-state index in [1.807, 2.05) is 35.9 Å². The number of nitrogens with zero attached hydrogens (tertiary/aromatic N) is 4. The van der Waals surface area contributed by atoms with Crippen LogP contribution in [0, 0.1) is 11.6 Å². The van der Waals surface area contributed by atoms with Gasteiger partial charge in [-0.25, -0.2) is 18.7 Å². The van der Waals surface area contributed by atoms with Crippen LogP contribution in [0.5, 0.6) is 5.75 Å². The van der Waals surface area contributed by atoms with Crippen LogP contribution in [0.1, 0.15) is 23.7 Å². The molecule has 0 aliphatic carbocycles. The molecule has 4 rings (SSSR count). The molecule has 0 N–H and O–H groups in total. The number of imidazole rings is 1. The summed E-state index contributed by atoms with van der Waals surface area (Å²) in [6, 6.07) is 8.46. The molecule has 0 aliphatic heterocycles. The second kappa shape index (κ2) is 9.22. The van der Waals surface area contributed by atoms with Gasteiger partial charge in [0.2, 0.25) is 0 Å². The first-order valence-electron chi connectivity index (χ1n) is 9.81. The van der Waals surface area contributed by atoms with Crippen LogP contribution in [0.4, 0.5) is 13.9 Å². The highest BCUT2D eigenvalue weighted by Crippen LogP contribution is 2.32. The average molecular weight is 442 g/mol. The molecular weight excluding hydrogens is 422 g/mol. The molecule has 0 bridgehead atoms.